The van der Waals surface area contributed by atoms with Gasteiger partial charge in [0.25, 0.3) is 0 Å². The molecule has 0 bridgehead atoms. The molecule has 0 spiro atoms. The van der Waals surface area contributed by atoms with Crippen LogP contribution in [0.25, 0.3) is 0 Å². The zero-order valence-electron chi connectivity index (χ0n) is 6.74. The third kappa shape index (κ3) is 1.83. The Kier molecular flexibility index (Phi) is 2.82. The van der Waals surface area contributed by atoms with Gasteiger partial charge in [0.2, 0.25) is 0 Å². The highest BCUT2D eigenvalue weighted by Crippen LogP contribution is 2.08. The highest BCUT2D eigenvalue weighted by Gasteiger charge is 2.09. The van der Waals surface area contributed by atoms with Crippen LogP contribution in [0.15, 0.2) is 24.3 Å². The summed E-state index contributed by atoms with van der Waals surface area (Å²) in [4.78, 5) is 19.4. The van der Waals surface area contributed by atoms with Crippen molar-refractivity contribution in [3.8, 4) is 0 Å². The molecule has 0 saturated heterocycles. The van der Waals surface area contributed by atoms with E-state index in [1.165, 1.54) is 0 Å². The summed E-state index contributed by atoms with van der Waals surface area (Å²) >= 11 is 0. The topological polar surface area (TPSA) is 35.5 Å². The minimum Gasteiger partial charge on any atom is -0.293 e. The average molecular weight is 165 g/mol. The van der Waals surface area contributed by atoms with Crippen LogP contribution in [0.1, 0.15) is 15.9 Å². The Morgan fingerprint density at radius 1 is 1.42 bits per heavy atom. The molecule has 0 aliphatic carbocycles. The third-order valence-corrected chi connectivity index (χ3v) is 1.50. The second-order valence-electron chi connectivity index (χ2n) is 2.30. The molecule has 0 aliphatic heterocycles. The molecule has 0 amide bonds. The number of carbonyl (C=O) groups excluding carboxylic acids is 1. The van der Waals surface area contributed by atoms with Crippen LogP contribution in [0.2, 0.25) is 0 Å². The summed E-state index contributed by atoms with van der Waals surface area (Å²) in [5, 5.41) is 0. The van der Waals surface area contributed by atoms with E-state index in [2.05, 4.69) is 16.9 Å². The molecule has 63 valence electrons. The van der Waals surface area contributed by atoms with Gasteiger partial charge in [-0.25, -0.2) is 4.79 Å². The minimum atomic E-state index is -0.525. The Labute approximate surface area is 70.8 Å². The lowest BCUT2D eigenvalue weighted by atomic mass is 10.1. The first-order valence-electron chi connectivity index (χ1n) is 3.44. The molecule has 1 aromatic carbocycles. The lowest BCUT2D eigenvalue weighted by Crippen LogP contribution is -2.04. The van der Waals surface area contributed by atoms with Gasteiger partial charge >= 0.3 is 5.97 Å². The second-order valence-corrected chi connectivity index (χ2v) is 2.30. The smallest absolute Gasteiger partial charge is 0.293 e. The van der Waals surface area contributed by atoms with Gasteiger partial charge in [0.15, 0.2) is 0 Å². The van der Waals surface area contributed by atoms with E-state index in [-0.39, 0.29) is 0 Å². The number of carbonyl (C=O) groups is 1. The Balaban J connectivity index is 2.87. The maximum Gasteiger partial charge on any atom is 0.373 e. The van der Waals surface area contributed by atoms with Crippen molar-refractivity contribution in [2.75, 3.05) is 0 Å². The number of hydrogen-bond acceptors (Lipinski definition) is 3. The van der Waals surface area contributed by atoms with Gasteiger partial charge in [-0.05, 0) is 18.6 Å². The van der Waals surface area contributed by atoms with Crippen LogP contribution in [-0.4, -0.2) is 5.97 Å². The van der Waals surface area contributed by atoms with Crippen molar-refractivity contribution in [2.45, 2.75) is 6.92 Å². The maximum absolute atomic E-state index is 11.1. The van der Waals surface area contributed by atoms with Crippen LogP contribution in [0.5, 0.6) is 0 Å². The molecule has 0 fully saturated rings. The summed E-state index contributed by atoms with van der Waals surface area (Å²) in [5.41, 5.74) is 1.33. The molecule has 0 N–H and O–H groups in total. The monoisotopic (exact) mass is 165 g/mol. The number of rotatable bonds is 2. The second kappa shape index (κ2) is 3.88. The van der Waals surface area contributed by atoms with Gasteiger partial charge < -0.3 is 0 Å². The van der Waals surface area contributed by atoms with Gasteiger partial charge in [0, 0.05) is 0 Å². The zero-order valence-corrected chi connectivity index (χ0v) is 6.74. The highest BCUT2D eigenvalue weighted by molar-refractivity contribution is 5.90. The van der Waals surface area contributed by atoms with Gasteiger partial charge in [-0.1, -0.05) is 18.2 Å². The maximum atomic E-state index is 11.1. The molecule has 0 aliphatic rings. The minimum absolute atomic E-state index is 0.487. The van der Waals surface area contributed by atoms with E-state index in [4.69, 9.17) is 0 Å². The number of aryl methyl sites for hydroxylation is 1. The molecule has 0 saturated carbocycles. The Morgan fingerprint density at radius 2 is 2.08 bits per heavy atom. The van der Waals surface area contributed by atoms with Crippen LogP contribution < -0.4 is 0 Å². The van der Waals surface area contributed by atoms with Crippen molar-refractivity contribution in [1.29, 1.82) is 0 Å². The average Bonchev–Trinajstić information content (AvgIpc) is 2.05. The van der Waals surface area contributed by atoms with Crippen LogP contribution >= 0.6 is 0 Å². The molecule has 1 rings (SSSR count). The summed E-state index contributed by atoms with van der Waals surface area (Å²) in [6.45, 7) is 1.82. The van der Waals surface area contributed by atoms with Crippen molar-refractivity contribution < 1.29 is 14.6 Å². The van der Waals surface area contributed by atoms with Gasteiger partial charge in [0.1, 0.15) is 7.11 Å². The molecular weight excluding hydrogens is 156 g/mol. The van der Waals surface area contributed by atoms with E-state index in [0.717, 1.165) is 5.56 Å². The van der Waals surface area contributed by atoms with Crippen LogP contribution in [0.4, 0.5) is 0 Å². The van der Waals surface area contributed by atoms with E-state index in [0.29, 0.717) is 5.56 Å². The third-order valence-electron chi connectivity index (χ3n) is 1.50. The molecule has 3 nitrogen and oxygen atoms in total. The summed E-state index contributed by atoms with van der Waals surface area (Å²) < 4.78 is 0. The van der Waals surface area contributed by atoms with Gasteiger partial charge in [-0.15, -0.1) is 0 Å². The molecular formula is C9H9O3. The summed E-state index contributed by atoms with van der Waals surface area (Å²) in [6.07, 6.45) is 0. The van der Waals surface area contributed by atoms with E-state index in [1.807, 2.05) is 19.1 Å². The van der Waals surface area contributed by atoms with Crippen molar-refractivity contribution >= 4 is 5.97 Å². The first-order valence-corrected chi connectivity index (χ1v) is 3.44. The van der Waals surface area contributed by atoms with Gasteiger partial charge in [-0.3, -0.25) is 4.89 Å². The fourth-order valence-corrected chi connectivity index (χ4v) is 0.900. The van der Waals surface area contributed by atoms with E-state index in [1.54, 1.807) is 12.1 Å². The lowest BCUT2D eigenvalue weighted by molar-refractivity contribution is -0.195. The standard InChI is InChI=1S/C9H9O3/c1-7-5-3-4-6-8(7)9(10)12-11-2/h3-6H,2H2,1H3. The van der Waals surface area contributed by atoms with Crippen molar-refractivity contribution in [1.82, 2.24) is 0 Å². The summed E-state index contributed by atoms with van der Waals surface area (Å²) in [5.74, 6) is -0.525. The molecule has 3 heteroatoms. The highest BCUT2D eigenvalue weighted by atomic mass is 17.2. The fourth-order valence-electron chi connectivity index (χ4n) is 0.900. The largest absolute Gasteiger partial charge is 0.373 e. The van der Waals surface area contributed by atoms with E-state index in [9.17, 15) is 4.79 Å². The Bertz CT molecular complexity index is 281. The molecule has 0 heterocycles. The predicted octanol–water partition coefficient (Wildman–Crippen LogP) is 1.88. The Morgan fingerprint density at radius 3 is 2.67 bits per heavy atom. The van der Waals surface area contributed by atoms with Crippen molar-refractivity contribution in [3.63, 3.8) is 0 Å². The van der Waals surface area contributed by atoms with Crippen molar-refractivity contribution in [3.05, 3.63) is 42.5 Å². The van der Waals surface area contributed by atoms with Crippen molar-refractivity contribution in [2.24, 2.45) is 0 Å². The molecule has 12 heavy (non-hydrogen) atoms. The van der Waals surface area contributed by atoms with Gasteiger partial charge in [-0.2, -0.15) is 4.89 Å². The molecule has 0 unspecified atom stereocenters. The van der Waals surface area contributed by atoms with Crippen LogP contribution in [0, 0.1) is 14.0 Å². The Hall–Kier alpha value is -1.35. The molecule has 0 atom stereocenters. The summed E-state index contributed by atoms with van der Waals surface area (Å²) in [6, 6.07) is 7.08. The fraction of sp³-hybridized carbons (Fsp3) is 0.111. The van der Waals surface area contributed by atoms with Gasteiger partial charge in [0.05, 0.1) is 5.56 Å². The van der Waals surface area contributed by atoms with Crippen LogP contribution in [0.3, 0.4) is 0 Å². The molecule has 0 aromatic heterocycles. The van der Waals surface area contributed by atoms with Crippen LogP contribution in [-0.2, 0) is 9.78 Å². The molecule has 1 radical (unpaired) electrons. The molecule has 1 aromatic rings. The number of benzene rings is 1. The van der Waals surface area contributed by atoms with E-state index < -0.39 is 5.97 Å². The van der Waals surface area contributed by atoms with E-state index >= 15 is 0 Å². The number of hydrogen-bond donors (Lipinski definition) is 0. The zero-order chi connectivity index (χ0) is 8.97. The predicted molar refractivity (Wildman–Crippen MR) is 43.0 cm³/mol. The lowest BCUT2D eigenvalue weighted by Gasteiger charge is -2.01. The first kappa shape index (κ1) is 8.74. The SMILES string of the molecule is [CH2]OOC(=O)c1ccccc1C. The quantitative estimate of drug-likeness (QED) is 0.495. The first-order chi connectivity index (χ1) is 5.75. The normalized spacial score (nSPS) is 9.50. The summed E-state index contributed by atoms with van der Waals surface area (Å²) in [7, 11) is 2.94.